The standard InChI is InChI=1S/C16H18O4/c17-9-13-12(14-7-8-15(13)20-14)6-3-10-1-4-11(5-2-10)16(18)19/h1-2,4-5,9,12-15H,3,6-8H2,(H,18,19)/t12-,13-,14+,15-/m0/s1. The summed E-state index contributed by atoms with van der Waals surface area (Å²) < 4.78 is 5.82. The summed E-state index contributed by atoms with van der Waals surface area (Å²) in [6.45, 7) is 0. The van der Waals surface area contributed by atoms with Gasteiger partial charge in [-0.15, -0.1) is 0 Å². The van der Waals surface area contributed by atoms with Crippen LogP contribution in [0.2, 0.25) is 0 Å². The Morgan fingerprint density at radius 3 is 2.60 bits per heavy atom. The van der Waals surface area contributed by atoms with Gasteiger partial charge in [0.05, 0.1) is 17.8 Å². The third-order valence-electron chi connectivity index (χ3n) is 4.61. The Hall–Kier alpha value is -1.68. The van der Waals surface area contributed by atoms with Gasteiger partial charge in [-0.3, -0.25) is 0 Å². The number of benzene rings is 1. The van der Waals surface area contributed by atoms with Crippen molar-refractivity contribution in [3.63, 3.8) is 0 Å². The van der Waals surface area contributed by atoms with E-state index in [1.165, 1.54) is 0 Å². The Morgan fingerprint density at radius 2 is 1.95 bits per heavy atom. The van der Waals surface area contributed by atoms with Crippen LogP contribution in [0.15, 0.2) is 24.3 Å². The molecule has 0 saturated carbocycles. The van der Waals surface area contributed by atoms with E-state index >= 15 is 0 Å². The molecule has 1 aromatic carbocycles. The number of aromatic carboxylic acids is 1. The summed E-state index contributed by atoms with van der Waals surface area (Å²) in [5, 5.41) is 8.86. The van der Waals surface area contributed by atoms with Crippen LogP contribution in [-0.4, -0.2) is 29.6 Å². The fourth-order valence-electron chi connectivity index (χ4n) is 3.53. The lowest BCUT2D eigenvalue weighted by Crippen LogP contribution is -2.28. The molecule has 3 rings (SSSR count). The first-order valence-electron chi connectivity index (χ1n) is 7.12. The van der Waals surface area contributed by atoms with Gasteiger partial charge in [0, 0.05) is 5.92 Å². The average Bonchev–Trinajstić information content (AvgIpc) is 3.05. The fraction of sp³-hybridized carbons (Fsp3) is 0.500. The van der Waals surface area contributed by atoms with Gasteiger partial charge in [0.15, 0.2) is 0 Å². The van der Waals surface area contributed by atoms with Crippen LogP contribution in [0, 0.1) is 11.8 Å². The molecule has 4 heteroatoms. The zero-order chi connectivity index (χ0) is 14.1. The Kier molecular flexibility index (Phi) is 3.57. The molecule has 4 nitrogen and oxygen atoms in total. The van der Waals surface area contributed by atoms with Crippen molar-refractivity contribution in [3.05, 3.63) is 35.4 Å². The lowest BCUT2D eigenvalue weighted by molar-refractivity contribution is -0.113. The molecule has 0 unspecified atom stereocenters. The molecular weight excluding hydrogens is 256 g/mol. The summed E-state index contributed by atoms with van der Waals surface area (Å²) in [5.41, 5.74) is 1.42. The third-order valence-corrected chi connectivity index (χ3v) is 4.61. The van der Waals surface area contributed by atoms with E-state index < -0.39 is 5.97 Å². The number of carbonyl (C=O) groups excluding carboxylic acids is 1. The smallest absolute Gasteiger partial charge is 0.335 e. The van der Waals surface area contributed by atoms with Crippen molar-refractivity contribution in [1.82, 2.24) is 0 Å². The highest BCUT2D eigenvalue weighted by Gasteiger charge is 2.48. The molecule has 2 heterocycles. The molecule has 2 saturated heterocycles. The Labute approximate surface area is 117 Å². The van der Waals surface area contributed by atoms with Gasteiger partial charge in [-0.2, -0.15) is 0 Å². The van der Waals surface area contributed by atoms with Gasteiger partial charge in [-0.25, -0.2) is 4.79 Å². The number of carboxylic acid groups (broad SMARTS) is 1. The number of hydrogen-bond donors (Lipinski definition) is 1. The van der Waals surface area contributed by atoms with Crippen LogP contribution in [0.3, 0.4) is 0 Å². The molecule has 20 heavy (non-hydrogen) atoms. The highest BCUT2D eigenvalue weighted by atomic mass is 16.5. The maximum absolute atomic E-state index is 11.2. The van der Waals surface area contributed by atoms with Crippen molar-refractivity contribution >= 4 is 12.3 Å². The van der Waals surface area contributed by atoms with E-state index in [4.69, 9.17) is 9.84 Å². The second-order valence-electron chi connectivity index (χ2n) is 5.71. The van der Waals surface area contributed by atoms with Crippen molar-refractivity contribution in [2.45, 2.75) is 37.9 Å². The molecule has 4 atom stereocenters. The van der Waals surface area contributed by atoms with Crippen LogP contribution in [0.5, 0.6) is 0 Å². The van der Waals surface area contributed by atoms with Crippen LogP contribution in [0.25, 0.3) is 0 Å². The topological polar surface area (TPSA) is 63.6 Å². The number of carboxylic acids is 1. The minimum atomic E-state index is -0.904. The summed E-state index contributed by atoms with van der Waals surface area (Å²) in [5.74, 6) is -0.531. The number of aldehydes is 1. The first-order chi connectivity index (χ1) is 9.69. The third kappa shape index (κ3) is 2.36. The first kappa shape index (κ1) is 13.3. The quantitative estimate of drug-likeness (QED) is 0.837. The second kappa shape index (κ2) is 5.37. The van der Waals surface area contributed by atoms with Gasteiger partial charge >= 0.3 is 5.97 Å². The Bertz CT molecular complexity index is 508. The minimum absolute atomic E-state index is 0.0482. The van der Waals surface area contributed by atoms with E-state index in [0.717, 1.165) is 37.5 Å². The van der Waals surface area contributed by atoms with Gasteiger partial charge < -0.3 is 14.6 Å². The zero-order valence-corrected chi connectivity index (χ0v) is 11.2. The summed E-state index contributed by atoms with van der Waals surface area (Å²) in [6.07, 6.45) is 5.31. The van der Waals surface area contributed by atoms with Crippen LogP contribution < -0.4 is 0 Å². The zero-order valence-electron chi connectivity index (χ0n) is 11.2. The largest absolute Gasteiger partial charge is 0.478 e. The van der Waals surface area contributed by atoms with Crippen LogP contribution in [0.1, 0.15) is 35.2 Å². The van der Waals surface area contributed by atoms with Crippen LogP contribution in [0.4, 0.5) is 0 Å². The maximum atomic E-state index is 11.2. The van der Waals surface area contributed by atoms with E-state index in [1.807, 2.05) is 12.1 Å². The van der Waals surface area contributed by atoms with Crippen molar-refractivity contribution < 1.29 is 19.4 Å². The molecule has 1 aromatic rings. The molecule has 2 aliphatic rings. The lowest BCUT2D eigenvalue weighted by atomic mass is 9.77. The van der Waals surface area contributed by atoms with Crippen LogP contribution >= 0.6 is 0 Å². The molecule has 1 N–H and O–H groups in total. The number of carbonyl (C=O) groups is 2. The minimum Gasteiger partial charge on any atom is -0.478 e. The molecule has 0 amide bonds. The van der Waals surface area contributed by atoms with Gasteiger partial charge in [0.25, 0.3) is 0 Å². The predicted molar refractivity (Wildman–Crippen MR) is 72.7 cm³/mol. The number of fused-ring (bicyclic) bond motifs is 2. The highest BCUT2D eigenvalue weighted by molar-refractivity contribution is 5.87. The second-order valence-corrected chi connectivity index (χ2v) is 5.71. The number of rotatable bonds is 5. The molecule has 0 aliphatic carbocycles. The summed E-state index contributed by atoms with van der Waals surface area (Å²) in [6, 6.07) is 6.97. The maximum Gasteiger partial charge on any atom is 0.335 e. The summed E-state index contributed by atoms with van der Waals surface area (Å²) >= 11 is 0. The molecule has 106 valence electrons. The van der Waals surface area contributed by atoms with Crippen molar-refractivity contribution in [1.29, 1.82) is 0 Å². The van der Waals surface area contributed by atoms with Crippen molar-refractivity contribution in [2.75, 3.05) is 0 Å². The van der Waals surface area contributed by atoms with Crippen molar-refractivity contribution in [3.8, 4) is 0 Å². The Balaban J connectivity index is 1.61. The SMILES string of the molecule is O=C[C@H]1[C@H](CCc2ccc(C(=O)O)cc2)[C@H]2CC[C@@H]1O2. The molecule has 0 radical (unpaired) electrons. The molecule has 0 spiro atoms. The van der Waals surface area contributed by atoms with Gasteiger partial charge in [0.1, 0.15) is 6.29 Å². The molecule has 2 bridgehead atoms. The van der Waals surface area contributed by atoms with E-state index in [-0.39, 0.29) is 18.1 Å². The predicted octanol–water partition coefficient (Wildman–Crippen LogP) is 2.31. The van der Waals surface area contributed by atoms with Gasteiger partial charge in [-0.05, 0) is 49.3 Å². The van der Waals surface area contributed by atoms with E-state index in [9.17, 15) is 9.59 Å². The highest BCUT2D eigenvalue weighted by Crippen LogP contribution is 2.44. The Morgan fingerprint density at radius 1 is 1.25 bits per heavy atom. The normalized spacial score (nSPS) is 31.4. The molecule has 2 fully saturated rings. The molecule has 2 aliphatic heterocycles. The van der Waals surface area contributed by atoms with Gasteiger partial charge in [0.2, 0.25) is 0 Å². The van der Waals surface area contributed by atoms with E-state index in [2.05, 4.69) is 0 Å². The summed E-state index contributed by atoms with van der Waals surface area (Å²) in [7, 11) is 0. The summed E-state index contributed by atoms with van der Waals surface area (Å²) in [4.78, 5) is 22.0. The fourth-order valence-corrected chi connectivity index (χ4v) is 3.53. The lowest BCUT2D eigenvalue weighted by Gasteiger charge is -2.23. The monoisotopic (exact) mass is 274 g/mol. The molecule has 0 aromatic heterocycles. The van der Waals surface area contributed by atoms with Crippen LogP contribution in [-0.2, 0) is 16.0 Å². The first-order valence-corrected chi connectivity index (χ1v) is 7.12. The molecular formula is C16H18O4. The number of ether oxygens (including phenoxy) is 1. The number of aryl methyl sites for hydroxylation is 1. The average molecular weight is 274 g/mol. The van der Waals surface area contributed by atoms with Gasteiger partial charge in [-0.1, -0.05) is 12.1 Å². The van der Waals surface area contributed by atoms with E-state index in [0.29, 0.717) is 11.5 Å². The van der Waals surface area contributed by atoms with Crippen molar-refractivity contribution in [2.24, 2.45) is 11.8 Å². The van der Waals surface area contributed by atoms with E-state index in [1.54, 1.807) is 12.1 Å². The number of hydrogen-bond acceptors (Lipinski definition) is 3.